The van der Waals surface area contributed by atoms with Crippen molar-refractivity contribution in [1.82, 2.24) is 10.1 Å². The number of methoxy groups -OCH3 is 1. The molecule has 375 valence electrons. The second-order valence-corrected chi connectivity index (χ2v) is 17.9. The van der Waals surface area contributed by atoms with Gasteiger partial charge in [0.05, 0.1) is 61.1 Å². The summed E-state index contributed by atoms with van der Waals surface area (Å²) in [6.45, 7) is 2.11. The Bertz CT molecular complexity index is 2640. The van der Waals surface area contributed by atoms with Gasteiger partial charge in [-0.15, -0.1) is 54.9 Å². The molecule has 0 unspecified atom stereocenters. The van der Waals surface area contributed by atoms with Gasteiger partial charge >= 0.3 is 24.2 Å². The summed E-state index contributed by atoms with van der Waals surface area (Å²) in [5.74, 6) is -0.459. The first-order chi connectivity index (χ1) is 33.2. The van der Waals surface area contributed by atoms with E-state index in [9.17, 15) is 37.1 Å². The van der Waals surface area contributed by atoms with Crippen LogP contribution in [0.4, 0.5) is 44.6 Å². The second kappa shape index (κ2) is 31.9. The number of Topliss-reactive ketones (excluding diaryl/α,β-unsaturated/α-hetero) is 1. The van der Waals surface area contributed by atoms with Gasteiger partial charge in [0.1, 0.15) is 41.5 Å². The van der Waals surface area contributed by atoms with E-state index in [-0.39, 0.29) is 189 Å². The first-order valence-corrected chi connectivity index (χ1v) is 23.7. The molecule has 4 heterocycles. The summed E-state index contributed by atoms with van der Waals surface area (Å²) in [4.78, 5) is 66.3. The quantitative estimate of drug-likeness (QED) is 0.0507. The molecule has 3 aliphatic heterocycles. The van der Waals surface area contributed by atoms with E-state index in [1.54, 1.807) is 30.3 Å². The van der Waals surface area contributed by atoms with Crippen LogP contribution in [0.25, 0.3) is 28.7 Å². The van der Waals surface area contributed by atoms with Gasteiger partial charge in [0.25, 0.3) is 5.89 Å². The van der Waals surface area contributed by atoms with Gasteiger partial charge in [-0.2, -0.15) is 4.98 Å². The molecule has 0 aliphatic carbocycles. The van der Waals surface area contributed by atoms with Gasteiger partial charge in [0.15, 0.2) is 5.82 Å². The summed E-state index contributed by atoms with van der Waals surface area (Å²) in [5, 5.41) is 3.93. The van der Waals surface area contributed by atoms with Gasteiger partial charge < -0.3 is 40.7 Å². The Balaban J connectivity index is 0.000000285. The van der Waals surface area contributed by atoms with Crippen molar-refractivity contribution in [1.29, 1.82) is 0 Å². The van der Waals surface area contributed by atoms with Crippen molar-refractivity contribution in [3.63, 3.8) is 0 Å². The zero-order chi connectivity index (χ0) is 49.6. The monoisotopic (exact) mass is 1690 g/mol. The van der Waals surface area contributed by atoms with Crippen molar-refractivity contribution in [3.05, 3.63) is 125 Å². The number of amides is 3. The molecule has 0 saturated carbocycles. The third-order valence-electron chi connectivity index (χ3n) is 9.84. The van der Waals surface area contributed by atoms with Crippen LogP contribution in [-0.2, 0) is 34.3 Å². The molecule has 4 aromatic carbocycles. The molecule has 3 atom stereocenters. The van der Waals surface area contributed by atoms with Crippen LogP contribution in [0.3, 0.4) is 0 Å². The minimum atomic E-state index is -0.582. The zero-order valence-corrected chi connectivity index (χ0v) is 55.3. The van der Waals surface area contributed by atoms with Crippen LogP contribution in [0.5, 0.6) is 0 Å². The molecule has 3 N–H and O–H groups in total. The fraction of sp³-hybridized carbons (Fsp3) is 0.311. The third kappa shape index (κ3) is 18.4. The van der Waals surface area contributed by atoms with E-state index in [2.05, 4.69) is 14.9 Å². The standard InChI is InChI=1S/C19H16FN4O3S.C13H14FN2O4S.C13H14FN2O3S.3Ac/c20-15-8-13(24-10-14(9-21)26-19(24)25)6-7-16(15)28-11-17-22-18(27-23-17)12-4-2-1-3-5-12;1-19-12(17)7-21-11-3-2-8(4-10(11)14)16-6-9(5-15)20-13(16)18;1-8(17)7-20-12-3-2-9(4-11(12)14)16-6-10(5-15)19-13(16)18;;;/h1-8,14,21H,9-11H2;2-4,9,15H,5-7H2,1H3;2-4,10,15H,5-7H2,1H3;;;/q3*-1;;;/t14-;9-;10-;;;/m000.../s1. The minimum Gasteiger partial charge on any atom is -0.674 e. The maximum absolute atomic E-state index is 14.5. The molecule has 72 heavy (non-hydrogen) atoms. The first-order valence-electron chi connectivity index (χ1n) is 20.8. The summed E-state index contributed by atoms with van der Waals surface area (Å²) in [6.07, 6.45) is -3.15. The fourth-order valence-electron chi connectivity index (χ4n) is 6.37. The smallest absolute Gasteiger partial charge is 0.414 e. The fourth-order valence-corrected chi connectivity index (χ4v) is 8.60. The van der Waals surface area contributed by atoms with Crippen molar-refractivity contribution in [2.24, 2.45) is 0 Å². The van der Waals surface area contributed by atoms with E-state index >= 15 is 0 Å². The number of rotatable bonds is 16. The number of nitrogens with one attached hydrogen (secondary N) is 3. The molecule has 3 radical (unpaired) electrons. The van der Waals surface area contributed by atoms with E-state index in [1.807, 2.05) is 30.3 Å². The molecule has 18 nitrogen and oxygen atoms in total. The van der Waals surface area contributed by atoms with E-state index in [0.717, 1.165) is 29.1 Å². The number of esters is 1. The summed E-state index contributed by atoms with van der Waals surface area (Å²) >= 11 is 3.39. The zero-order valence-electron chi connectivity index (χ0n) is 38.6. The molecule has 3 amide bonds. The number of hydrogen-bond donors (Lipinski definition) is 0. The van der Waals surface area contributed by atoms with E-state index in [4.69, 9.17) is 35.9 Å². The second-order valence-electron chi connectivity index (χ2n) is 14.8. The number of ether oxygens (including phenoxy) is 4. The predicted molar refractivity (Wildman–Crippen MR) is 253 cm³/mol. The number of hydrogen-bond acceptors (Lipinski definition) is 15. The molecular weight excluding hydrogens is 1650 g/mol. The van der Waals surface area contributed by atoms with E-state index < -0.39 is 60.0 Å². The number of carbonyl (C=O) groups is 5. The molecule has 3 aliphatic rings. The molecule has 3 saturated heterocycles. The average molecular weight is 1690 g/mol. The Morgan fingerprint density at radius 2 is 1.04 bits per heavy atom. The van der Waals surface area contributed by atoms with E-state index in [0.29, 0.717) is 49.2 Å². The van der Waals surface area contributed by atoms with Gasteiger partial charge in [-0.05, 0) is 73.7 Å². The minimum absolute atomic E-state index is 0. The van der Waals surface area contributed by atoms with Gasteiger partial charge in [-0.1, -0.05) is 23.4 Å². The largest absolute Gasteiger partial charge is 0.674 e. The summed E-state index contributed by atoms with van der Waals surface area (Å²) in [7, 11) is 1.27. The Morgan fingerprint density at radius 3 is 1.40 bits per heavy atom. The molecule has 27 heteroatoms. The number of thioether (sulfide) groups is 3. The van der Waals surface area contributed by atoms with Gasteiger partial charge in [-0.25, -0.2) is 27.6 Å². The van der Waals surface area contributed by atoms with Gasteiger partial charge in [-0.3, -0.25) is 24.3 Å². The van der Waals surface area contributed by atoms with E-state index in [1.165, 1.54) is 64.8 Å². The Kier molecular flexibility index (Phi) is 28.5. The van der Waals surface area contributed by atoms with Crippen LogP contribution in [0.1, 0.15) is 12.7 Å². The maximum atomic E-state index is 14.5. The predicted octanol–water partition coefficient (Wildman–Crippen LogP) is 9.90. The van der Waals surface area contributed by atoms with Gasteiger partial charge in [0.2, 0.25) is 0 Å². The van der Waals surface area contributed by atoms with Crippen LogP contribution in [-0.4, -0.2) is 116 Å². The third-order valence-corrected chi connectivity index (χ3v) is 13.1. The van der Waals surface area contributed by atoms with Crippen molar-refractivity contribution < 1.29 is 193 Å². The Labute approximate surface area is 532 Å². The van der Waals surface area contributed by atoms with Crippen LogP contribution in [0.2, 0.25) is 0 Å². The molecule has 3 fully saturated rings. The van der Waals surface area contributed by atoms with Crippen molar-refractivity contribution in [2.75, 3.05) is 72.6 Å². The number of ketones is 1. The molecule has 1 aromatic heterocycles. The molecule has 8 rings (SSSR count). The van der Waals surface area contributed by atoms with Crippen molar-refractivity contribution >= 4 is 82.4 Å². The molecule has 5 aromatic rings. The van der Waals surface area contributed by atoms with Crippen LogP contribution < -0.4 is 14.7 Å². The first kappa shape index (κ1) is 64.3. The summed E-state index contributed by atoms with van der Waals surface area (Å²) in [6, 6.07) is 22.7. The maximum Gasteiger partial charge on any atom is 0.414 e. The number of carbonyl (C=O) groups excluding carboxylic acids is 5. The summed E-state index contributed by atoms with van der Waals surface area (Å²) in [5.41, 5.74) is 23.7. The number of benzene rings is 4. The average Bonchev–Trinajstić information content (AvgIpc) is 4.16. The number of cyclic esters (lactones) is 3. The van der Waals surface area contributed by atoms with Crippen molar-refractivity contribution in [2.45, 2.75) is 45.7 Å². The Hall–Kier alpha value is -1.99. The Morgan fingerprint density at radius 1 is 0.639 bits per heavy atom. The van der Waals surface area contributed by atoms with Crippen molar-refractivity contribution in [3.8, 4) is 11.5 Å². The number of nitrogens with zero attached hydrogens (tertiary/aromatic N) is 5. The SMILES string of the molecule is CC(=O)CSc1ccc(N2C[C@H](C[NH-])OC2=O)cc1F.COC(=O)CSc1ccc(N2C[C@H](C[NH-])OC2=O)cc1F.[Ac].[Ac].[Ac].[NH-]C[C@H]1CN(c2ccc(SCc3noc(-c4ccccc4)n3)c(F)c2)C(=O)O1. The number of anilines is 3. The van der Waals surface area contributed by atoms with Crippen LogP contribution >= 0.6 is 35.3 Å². The summed E-state index contributed by atoms with van der Waals surface area (Å²) < 4.78 is 67.0. The normalized spacial score (nSPS) is 16.6. The number of halogens is 3. The molecule has 0 spiro atoms. The molecule has 0 bridgehead atoms. The topological polar surface area (TPSA) is 242 Å². The van der Waals surface area contributed by atoms with Crippen LogP contribution in [0.15, 0.2) is 104 Å². The van der Waals surface area contributed by atoms with Gasteiger partial charge in [0, 0.05) is 152 Å². The van der Waals surface area contributed by atoms with Crippen LogP contribution in [0, 0.1) is 150 Å². The molecular formula is C45H44Ac3F3N8O10S3-3. The number of aromatic nitrogens is 2.